The number of imidazole rings is 1. The number of nitrogens with zero attached hydrogens (tertiary/aromatic N) is 7. The number of fused-ring (bicyclic) bond motifs is 2. The summed E-state index contributed by atoms with van der Waals surface area (Å²) in [4.78, 5) is 22.7. The van der Waals surface area contributed by atoms with E-state index in [1.54, 1.807) is 13.4 Å². The third-order valence-corrected chi connectivity index (χ3v) is 10.3. The molecule has 1 saturated carbocycles. The van der Waals surface area contributed by atoms with Gasteiger partial charge in [0.25, 0.3) is 0 Å². The lowest BCUT2D eigenvalue weighted by atomic mass is 9.90. The van der Waals surface area contributed by atoms with Crippen molar-refractivity contribution in [2.75, 3.05) is 52.2 Å². The van der Waals surface area contributed by atoms with Crippen molar-refractivity contribution in [3.8, 4) is 17.0 Å². The SMILES string of the molecule is COc1ccccc1Cc1nc2ccc(-c3nn(C4CCC(N5CCN(CC6CCCO6)CC5)CC4)c4ncnc(N)c34)cc2[nH]1. The van der Waals surface area contributed by atoms with Gasteiger partial charge < -0.3 is 20.2 Å². The molecule has 0 spiro atoms. The molecule has 1 aliphatic carbocycles. The van der Waals surface area contributed by atoms with Crippen molar-refractivity contribution in [1.82, 2.24) is 39.5 Å². The minimum atomic E-state index is 0.283. The molecule has 3 fully saturated rings. The van der Waals surface area contributed by atoms with Crippen molar-refractivity contribution in [3.63, 3.8) is 0 Å². The molecule has 0 amide bonds. The second-order valence-electron chi connectivity index (χ2n) is 13.1. The zero-order valence-electron chi connectivity index (χ0n) is 26.6. The summed E-state index contributed by atoms with van der Waals surface area (Å²) in [5.41, 5.74) is 12.1. The van der Waals surface area contributed by atoms with Gasteiger partial charge in [-0.1, -0.05) is 24.3 Å². The van der Waals surface area contributed by atoms with Crippen LogP contribution in [0.15, 0.2) is 48.8 Å². The van der Waals surface area contributed by atoms with Gasteiger partial charge in [-0.3, -0.25) is 9.80 Å². The largest absolute Gasteiger partial charge is 0.496 e. The number of rotatable bonds is 8. The fourth-order valence-electron chi connectivity index (χ4n) is 7.83. The van der Waals surface area contributed by atoms with Crippen LogP contribution in [0.5, 0.6) is 5.75 Å². The maximum absolute atomic E-state index is 6.49. The molecule has 0 bridgehead atoms. The number of aromatic nitrogens is 6. The Morgan fingerprint density at radius 2 is 1.80 bits per heavy atom. The summed E-state index contributed by atoms with van der Waals surface area (Å²) < 4.78 is 13.6. The van der Waals surface area contributed by atoms with Gasteiger partial charge in [0.15, 0.2) is 5.65 Å². The summed E-state index contributed by atoms with van der Waals surface area (Å²) in [6.07, 6.45) is 9.57. The second kappa shape index (κ2) is 12.6. The number of nitrogens with two attached hydrogens (primary N) is 1. The van der Waals surface area contributed by atoms with Gasteiger partial charge in [0.1, 0.15) is 29.4 Å². The van der Waals surface area contributed by atoms with Gasteiger partial charge in [0, 0.05) is 62.9 Å². The van der Waals surface area contributed by atoms with E-state index in [2.05, 4.69) is 42.6 Å². The Morgan fingerprint density at radius 1 is 0.978 bits per heavy atom. The van der Waals surface area contributed by atoms with Crippen LogP contribution in [0, 0.1) is 0 Å². The average Bonchev–Trinajstić information content (AvgIpc) is 3.84. The highest BCUT2D eigenvalue weighted by atomic mass is 16.5. The van der Waals surface area contributed by atoms with Crippen LogP contribution in [0.3, 0.4) is 0 Å². The first-order valence-corrected chi connectivity index (χ1v) is 16.8. The molecule has 2 aliphatic heterocycles. The van der Waals surface area contributed by atoms with Gasteiger partial charge in [-0.25, -0.2) is 19.6 Å². The summed E-state index contributed by atoms with van der Waals surface area (Å²) in [7, 11) is 1.70. The van der Waals surface area contributed by atoms with Gasteiger partial charge in [0.05, 0.1) is 35.7 Å². The van der Waals surface area contributed by atoms with Crippen molar-refractivity contribution in [1.29, 1.82) is 0 Å². The molecule has 0 radical (unpaired) electrons. The standard InChI is InChI=1S/C35H43N9O2/c1-45-30-7-3-2-5-23(30)20-31-39-28-13-8-24(19-29(28)40-31)33-32-34(36)37-22-38-35(32)44(41-33)26-11-9-25(10-12-26)43-16-14-42(15-17-43)21-27-6-4-18-46-27/h2-3,5,7-8,13,19,22,25-27H,4,6,9-12,14-18,20-21H2,1H3,(H,39,40)(H2,36,37,38). The first-order valence-electron chi connectivity index (χ1n) is 16.8. The monoisotopic (exact) mass is 621 g/mol. The van der Waals surface area contributed by atoms with E-state index in [9.17, 15) is 0 Å². The molecule has 5 heterocycles. The molecule has 3 aliphatic rings. The van der Waals surface area contributed by atoms with Gasteiger partial charge in [-0.15, -0.1) is 0 Å². The van der Waals surface area contributed by atoms with Crippen LogP contribution in [0.1, 0.15) is 56.0 Å². The predicted molar refractivity (Wildman–Crippen MR) is 179 cm³/mol. The molecule has 3 aromatic heterocycles. The van der Waals surface area contributed by atoms with E-state index in [4.69, 9.17) is 30.3 Å². The number of hydrogen-bond donors (Lipinski definition) is 2. The van der Waals surface area contributed by atoms with Gasteiger partial charge >= 0.3 is 0 Å². The Labute approximate surface area is 269 Å². The van der Waals surface area contributed by atoms with E-state index in [0.29, 0.717) is 24.4 Å². The number of nitrogen functional groups attached to an aromatic ring is 1. The molecule has 11 heteroatoms. The first kappa shape index (κ1) is 29.3. The average molecular weight is 622 g/mol. The Bertz CT molecular complexity index is 1810. The highest BCUT2D eigenvalue weighted by Gasteiger charge is 2.32. The van der Waals surface area contributed by atoms with Crippen LogP contribution in [0.4, 0.5) is 5.82 Å². The van der Waals surface area contributed by atoms with Crippen molar-refractivity contribution in [3.05, 3.63) is 60.2 Å². The van der Waals surface area contributed by atoms with Crippen LogP contribution in [-0.2, 0) is 11.2 Å². The van der Waals surface area contributed by atoms with Crippen molar-refractivity contribution in [2.24, 2.45) is 0 Å². The number of methoxy groups -OCH3 is 1. The number of benzene rings is 2. The maximum Gasteiger partial charge on any atom is 0.164 e. The number of H-pyrrole nitrogens is 1. The molecule has 240 valence electrons. The van der Waals surface area contributed by atoms with Gasteiger partial charge in [-0.2, -0.15) is 5.10 Å². The quantitative estimate of drug-likeness (QED) is 0.251. The van der Waals surface area contributed by atoms with Crippen molar-refractivity contribution in [2.45, 2.75) is 63.1 Å². The van der Waals surface area contributed by atoms with Crippen molar-refractivity contribution < 1.29 is 9.47 Å². The number of para-hydroxylation sites is 1. The third-order valence-electron chi connectivity index (χ3n) is 10.3. The maximum atomic E-state index is 6.49. The highest BCUT2D eigenvalue weighted by molar-refractivity contribution is 5.99. The number of nitrogens with one attached hydrogen (secondary N) is 1. The molecule has 1 atom stereocenters. The zero-order chi connectivity index (χ0) is 31.0. The van der Waals surface area contributed by atoms with Gasteiger partial charge in [-0.05, 0) is 56.7 Å². The summed E-state index contributed by atoms with van der Waals surface area (Å²) in [6, 6.07) is 15.2. The summed E-state index contributed by atoms with van der Waals surface area (Å²) in [5, 5.41) is 6.02. The molecular weight excluding hydrogens is 578 g/mol. The number of piperazine rings is 1. The highest BCUT2D eigenvalue weighted by Crippen LogP contribution is 2.38. The Morgan fingerprint density at radius 3 is 2.61 bits per heavy atom. The first-order chi connectivity index (χ1) is 22.6. The van der Waals surface area contributed by atoms with E-state index in [0.717, 1.165) is 103 Å². The summed E-state index contributed by atoms with van der Waals surface area (Å²) in [5.74, 6) is 2.20. The Balaban J connectivity index is 0.988. The van der Waals surface area contributed by atoms with Crippen LogP contribution < -0.4 is 10.5 Å². The summed E-state index contributed by atoms with van der Waals surface area (Å²) in [6.45, 7) is 6.62. The van der Waals surface area contributed by atoms with E-state index in [1.807, 2.05) is 24.3 Å². The predicted octanol–water partition coefficient (Wildman–Crippen LogP) is 4.83. The normalized spacial score (nSPS) is 23.0. The Hall–Kier alpha value is -4.06. The fraction of sp³-hybridized carbons (Fsp3) is 0.486. The second-order valence-corrected chi connectivity index (χ2v) is 13.1. The molecule has 46 heavy (non-hydrogen) atoms. The van der Waals surface area contributed by atoms with E-state index in [-0.39, 0.29) is 6.04 Å². The van der Waals surface area contributed by atoms with E-state index >= 15 is 0 Å². The zero-order valence-corrected chi connectivity index (χ0v) is 26.6. The molecule has 2 aromatic carbocycles. The molecule has 2 saturated heterocycles. The molecule has 1 unspecified atom stereocenters. The molecule has 3 N–H and O–H groups in total. The molecule has 11 nitrogen and oxygen atoms in total. The summed E-state index contributed by atoms with van der Waals surface area (Å²) >= 11 is 0. The minimum absolute atomic E-state index is 0.283. The number of aromatic amines is 1. The Kier molecular flexibility index (Phi) is 8.05. The van der Waals surface area contributed by atoms with Gasteiger partial charge in [0.2, 0.25) is 0 Å². The third kappa shape index (κ3) is 5.72. The number of ether oxygens (including phenoxy) is 2. The van der Waals surface area contributed by atoms with E-state index in [1.165, 1.54) is 25.7 Å². The van der Waals surface area contributed by atoms with Crippen molar-refractivity contribution >= 4 is 27.9 Å². The minimum Gasteiger partial charge on any atom is -0.496 e. The van der Waals surface area contributed by atoms with Crippen LogP contribution in [0.2, 0.25) is 0 Å². The van der Waals surface area contributed by atoms with Crippen LogP contribution in [-0.4, -0.2) is 98.1 Å². The van der Waals surface area contributed by atoms with E-state index < -0.39 is 0 Å². The smallest absolute Gasteiger partial charge is 0.164 e. The number of hydrogen-bond acceptors (Lipinski definition) is 9. The molecule has 8 rings (SSSR count). The van der Waals surface area contributed by atoms with Crippen LogP contribution in [0.25, 0.3) is 33.3 Å². The molecule has 5 aromatic rings. The lowest BCUT2D eigenvalue weighted by molar-refractivity contribution is 0.0319. The topological polar surface area (TPSA) is 123 Å². The lowest BCUT2D eigenvalue weighted by Crippen LogP contribution is -2.52. The lowest BCUT2D eigenvalue weighted by Gasteiger charge is -2.42. The fourth-order valence-corrected chi connectivity index (χ4v) is 7.83. The molecular formula is C35H43N9O2. The van der Waals surface area contributed by atoms with Crippen LogP contribution >= 0.6 is 0 Å². The number of anilines is 1.